The van der Waals surface area contributed by atoms with E-state index in [1.807, 2.05) is 44.4 Å². The summed E-state index contributed by atoms with van der Waals surface area (Å²) in [4.78, 5) is 0.249. The molecular formula is C20H26N4O3S. The molecule has 0 aliphatic heterocycles. The molecule has 0 fully saturated rings. The van der Waals surface area contributed by atoms with Crippen LogP contribution < -0.4 is 4.72 Å². The zero-order chi connectivity index (χ0) is 20.6. The van der Waals surface area contributed by atoms with E-state index in [-0.39, 0.29) is 4.90 Å². The third kappa shape index (κ3) is 3.44. The highest BCUT2D eigenvalue weighted by Gasteiger charge is 2.29. The van der Waals surface area contributed by atoms with Gasteiger partial charge in [-0.1, -0.05) is 13.0 Å². The van der Waals surface area contributed by atoms with Crippen LogP contribution in [-0.2, 0) is 23.0 Å². The molecule has 0 amide bonds. The molecule has 7 nitrogen and oxygen atoms in total. The lowest BCUT2D eigenvalue weighted by Gasteiger charge is -2.11. The van der Waals surface area contributed by atoms with Crippen molar-refractivity contribution in [3.8, 4) is 11.6 Å². The molecule has 0 aliphatic rings. The van der Waals surface area contributed by atoms with Crippen molar-refractivity contribution in [3.05, 3.63) is 46.5 Å². The summed E-state index contributed by atoms with van der Waals surface area (Å²) in [7, 11) is -3.78. The average Bonchev–Trinajstić information content (AvgIpc) is 3.19. The lowest BCUT2D eigenvalue weighted by Crippen LogP contribution is -2.15. The van der Waals surface area contributed by atoms with Gasteiger partial charge in [-0.2, -0.15) is 0 Å². The van der Waals surface area contributed by atoms with Gasteiger partial charge in [-0.05, 0) is 57.9 Å². The van der Waals surface area contributed by atoms with Gasteiger partial charge in [-0.3, -0.25) is 4.72 Å². The lowest BCUT2D eigenvalue weighted by atomic mass is 10.1. The summed E-state index contributed by atoms with van der Waals surface area (Å²) in [5, 5.41) is 8.14. The van der Waals surface area contributed by atoms with E-state index in [0.717, 1.165) is 11.1 Å². The molecule has 0 saturated carbocycles. The molecule has 150 valence electrons. The van der Waals surface area contributed by atoms with Crippen molar-refractivity contribution in [1.82, 2.24) is 14.8 Å². The maximum absolute atomic E-state index is 13.2. The Hall–Kier alpha value is -2.61. The molecule has 1 aromatic carbocycles. The quantitative estimate of drug-likeness (QED) is 0.669. The van der Waals surface area contributed by atoms with Gasteiger partial charge in [0, 0.05) is 29.9 Å². The first kappa shape index (κ1) is 20.1. The summed E-state index contributed by atoms with van der Waals surface area (Å²) < 4.78 is 36.8. The summed E-state index contributed by atoms with van der Waals surface area (Å²) >= 11 is 0. The normalized spacial score (nSPS) is 11.8. The van der Waals surface area contributed by atoms with Crippen molar-refractivity contribution in [3.63, 3.8) is 0 Å². The van der Waals surface area contributed by atoms with Crippen molar-refractivity contribution in [2.24, 2.45) is 0 Å². The van der Waals surface area contributed by atoms with Crippen LogP contribution in [0.4, 0.5) is 5.69 Å². The zero-order valence-electron chi connectivity index (χ0n) is 17.1. The van der Waals surface area contributed by atoms with Crippen LogP contribution in [0.5, 0.6) is 0 Å². The number of hydrogen-bond acceptors (Lipinski definition) is 5. The maximum atomic E-state index is 13.2. The topological polar surface area (TPSA) is 90.0 Å². The second-order valence-electron chi connectivity index (χ2n) is 6.89. The van der Waals surface area contributed by atoms with Crippen LogP contribution in [-0.4, -0.2) is 23.2 Å². The van der Waals surface area contributed by atoms with Crippen molar-refractivity contribution in [2.45, 2.75) is 59.4 Å². The molecule has 0 radical (unpaired) electrons. The third-order valence-corrected chi connectivity index (χ3v) is 6.66. The number of aryl methyl sites for hydroxylation is 3. The van der Waals surface area contributed by atoms with E-state index in [1.165, 1.54) is 0 Å². The number of benzene rings is 1. The summed E-state index contributed by atoms with van der Waals surface area (Å²) in [5.74, 6) is 0.862. The molecular weight excluding hydrogens is 376 g/mol. The zero-order valence-corrected chi connectivity index (χ0v) is 17.9. The number of hydrogen-bond donors (Lipinski definition) is 1. The van der Waals surface area contributed by atoms with E-state index in [4.69, 9.17) is 4.42 Å². The summed E-state index contributed by atoms with van der Waals surface area (Å²) in [6, 6.07) is 5.51. The van der Waals surface area contributed by atoms with Gasteiger partial charge in [0.05, 0.1) is 0 Å². The summed E-state index contributed by atoms with van der Waals surface area (Å²) in [5.41, 5.74) is 4.56. The molecule has 8 heteroatoms. The van der Waals surface area contributed by atoms with Gasteiger partial charge in [0.25, 0.3) is 15.9 Å². The second kappa shape index (κ2) is 7.43. The number of nitrogens with one attached hydrogen (secondary N) is 1. The van der Waals surface area contributed by atoms with E-state index in [9.17, 15) is 8.42 Å². The van der Waals surface area contributed by atoms with Gasteiger partial charge >= 0.3 is 0 Å². The Bertz CT molecular complexity index is 1130. The van der Waals surface area contributed by atoms with E-state index >= 15 is 0 Å². The van der Waals surface area contributed by atoms with Crippen LogP contribution in [0, 0.1) is 27.7 Å². The van der Waals surface area contributed by atoms with Gasteiger partial charge in [-0.15, -0.1) is 10.2 Å². The van der Waals surface area contributed by atoms with Gasteiger partial charge < -0.3 is 8.98 Å². The van der Waals surface area contributed by atoms with Crippen molar-refractivity contribution < 1.29 is 12.8 Å². The highest BCUT2D eigenvalue weighted by Crippen LogP contribution is 2.34. The standard InChI is InChI=1S/C20H26N4O3S/c1-7-17-21-22-20(27-17)18-14(5)19(15(6)24(18)8-2)28(25,26)23-16-10-9-12(3)13(4)11-16/h9-11,23H,7-8H2,1-6H3. The van der Waals surface area contributed by atoms with Crippen LogP contribution in [0.2, 0.25) is 0 Å². The first-order valence-electron chi connectivity index (χ1n) is 9.32. The second-order valence-corrected chi connectivity index (χ2v) is 8.51. The molecule has 0 spiro atoms. The van der Waals surface area contributed by atoms with Crippen molar-refractivity contribution in [2.75, 3.05) is 4.72 Å². The maximum Gasteiger partial charge on any atom is 0.264 e. The first-order chi connectivity index (χ1) is 13.2. The Labute approximate surface area is 165 Å². The number of rotatable bonds is 6. The van der Waals surface area contributed by atoms with Crippen LogP contribution in [0.3, 0.4) is 0 Å². The summed E-state index contributed by atoms with van der Waals surface area (Å²) in [6.07, 6.45) is 0.622. The lowest BCUT2D eigenvalue weighted by molar-refractivity contribution is 0.507. The summed E-state index contributed by atoms with van der Waals surface area (Å²) in [6.45, 7) is 12.0. The molecule has 3 rings (SSSR count). The SMILES string of the molecule is CCc1nnc(-c2c(C)c(S(=O)(=O)Nc3ccc(C)c(C)c3)c(C)n2CC)o1. The molecule has 0 aliphatic carbocycles. The number of anilines is 1. The minimum Gasteiger partial charge on any atom is -0.419 e. The predicted molar refractivity (Wildman–Crippen MR) is 109 cm³/mol. The van der Waals surface area contributed by atoms with E-state index in [1.54, 1.807) is 19.9 Å². The first-order valence-corrected chi connectivity index (χ1v) is 10.8. The predicted octanol–water partition coefficient (Wildman–Crippen LogP) is 4.15. The molecule has 0 saturated heterocycles. The molecule has 3 aromatic rings. The Kier molecular flexibility index (Phi) is 5.34. The molecule has 28 heavy (non-hydrogen) atoms. The van der Waals surface area contributed by atoms with Gasteiger partial charge in [0.15, 0.2) is 0 Å². The van der Waals surface area contributed by atoms with Crippen molar-refractivity contribution >= 4 is 15.7 Å². The van der Waals surface area contributed by atoms with E-state index in [2.05, 4.69) is 14.9 Å². The highest BCUT2D eigenvalue weighted by atomic mass is 32.2. The molecule has 1 N–H and O–H groups in total. The Balaban J connectivity index is 2.11. The fourth-order valence-electron chi connectivity index (χ4n) is 3.44. The highest BCUT2D eigenvalue weighted by molar-refractivity contribution is 7.92. The number of aromatic nitrogens is 3. The largest absolute Gasteiger partial charge is 0.419 e. The number of nitrogens with zero attached hydrogens (tertiary/aromatic N) is 3. The fraction of sp³-hybridized carbons (Fsp3) is 0.400. The Morgan fingerprint density at radius 3 is 2.36 bits per heavy atom. The van der Waals surface area contributed by atoms with Crippen LogP contribution >= 0.6 is 0 Å². The Morgan fingerprint density at radius 2 is 1.79 bits per heavy atom. The van der Waals surface area contributed by atoms with Gasteiger partial charge in [-0.25, -0.2) is 8.42 Å². The Morgan fingerprint density at radius 1 is 1.07 bits per heavy atom. The number of sulfonamides is 1. The fourth-order valence-corrected chi connectivity index (χ4v) is 4.98. The molecule has 0 unspecified atom stereocenters. The minimum absolute atomic E-state index is 0.249. The van der Waals surface area contributed by atoms with Gasteiger partial charge in [0.1, 0.15) is 10.6 Å². The monoisotopic (exact) mass is 402 g/mol. The average molecular weight is 403 g/mol. The minimum atomic E-state index is -3.78. The molecule has 0 bridgehead atoms. The third-order valence-electron chi connectivity index (χ3n) is 5.02. The van der Waals surface area contributed by atoms with E-state index < -0.39 is 10.0 Å². The van der Waals surface area contributed by atoms with Crippen LogP contribution in [0.25, 0.3) is 11.6 Å². The van der Waals surface area contributed by atoms with E-state index in [0.29, 0.717) is 47.4 Å². The van der Waals surface area contributed by atoms with Crippen LogP contribution in [0.15, 0.2) is 27.5 Å². The molecule has 0 atom stereocenters. The smallest absolute Gasteiger partial charge is 0.264 e. The molecule has 2 heterocycles. The van der Waals surface area contributed by atoms with Crippen LogP contribution in [0.1, 0.15) is 42.1 Å². The van der Waals surface area contributed by atoms with Crippen molar-refractivity contribution in [1.29, 1.82) is 0 Å². The van der Waals surface area contributed by atoms with Gasteiger partial charge in [0.2, 0.25) is 5.89 Å². The molecule has 2 aromatic heterocycles.